The minimum atomic E-state index is 0.00499. The van der Waals surface area contributed by atoms with Gasteiger partial charge in [0.2, 0.25) is 5.91 Å². The molecule has 4 aliphatic carbocycles. The molecule has 25 heavy (non-hydrogen) atoms. The van der Waals surface area contributed by atoms with E-state index >= 15 is 0 Å². The summed E-state index contributed by atoms with van der Waals surface area (Å²) in [5.74, 6) is 2.69. The third-order valence-corrected chi connectivity index (χ3v) is 7.34. The molecule has 4 fully saturated rings. The van der Waals surface area contributed by atoms with E-state index in [9.17, 15) is 9.59 Å². The zero-order chi connectivity index (χ0) is 17.2. The van der Waals surface area contributed by atoms with Crippen LogP contribution in [-0.2, 0) is 11.2 Å². The minimum absolute atomic E-state index is 0.00499. The fraction of sp³-hybridized carbons (Fsp3) is 0.619. The first-order valence-electron chi connectivity index (χ1n) is 9.74. The topological polar surface area (TPSA) is 58.2 Å². The molecule has 4 heteroatoms. The van der Waals surface area contributed by atoms with Gasteiger partial charge in [-0.25, -0.2) is 0 Å². The molecular formula is C21H26N2O2. The maximum Gasteiger partial charge on any atom is 0.251 e. The molecule has 132 valence electrons. The van der Waals surface area contributed by atoms with Crippen molar-refractivity contribution in [1.82, 2.24) is 5.32 Å². The standard InChI is InChI=1S/C21H26N2O2/c1-12(21-9-13-4-14(10-21)6-15(5-13)11-21)22-20(25)16-2-3-18-17(7-16)8-19(24)23-18/h2-3,7,12-15H,4-6,8-11H2,1H3,(H,22,25)(H,23,24). The summed E-state index contributed by atoms with van der Waals surface area (Å²) in [7, 11) is 0. The van der Waals surface area contributed by atoms with Gasteiger partial charge >= 0.3 is 0 Å². The smallest absolute Gasteiger partial charge is 0.251 e. The van der Waals surface area contributed by atoms with Gasteiger partial charge in [0.15, 0.2) is 0 Å². The Kier molecular flexibility index (Phi) is 3.28. The molecule has 4 saturated carbocycles. The maximum atomic E-state index is 12.8. The second-order valence-electron chi connectivity index (χ2n) is 9.07. The SMILES string of the molecule is CC(NC(=O)c1ccc2c(c1)CC(=O)N2)C12CC3CC(CC(C3)C1)C2. The molecule has 4 bridgehead atoms. The predicted octanol–water partition coefficient (Wildman–Crippen LogP) is 3.52. The Morgan fingerprint density at radius 1 is 1.16 bits per heavy atom. The monoisotopic (exact) mass is 338 g/mol. The fourth-order valence-corrected chi connectivity index (χ4v) is 6.51. The maximum absolute atomic E-state index is 12.8. The number of fused-ring (bicyclic) bond motifs is 1. The number of hydrogen-bond donors (Lipinski definition) is 2. The van der Waals surface area contributed by atoms with Gasteiger partial charge in [0.25, 0.3) is 5.91 Å². The van der Waals surface area contributed by atoms with E-state index in [1.165, 1.54) is 38.5 Å². The predicted molar refractivity (Wildman–Crippen MR) is 96.3 cm³/mol. The van der Waals surface area contributed by atoms with Crippen molar-refractivity contribution in [3.05, 3.63) is 29.3 Å². The highest BCUT2D eigenvalue weighted by Crippen LogP contribution is 2.61. The van der Waals surface area contributed by atoms with E-state index in [0.29, 0.717) is 17.4 Å². The highest BCUT2D eigenvalue weighted by atomic mass is 16.2. The van der Waals surface area contributed by atoms with Crippen molar-refractivity contribution in [2.24, 2.45) is 23.2 Å². The molecule has 1 atom stereocenters. The third kappa shape index (κ3) is 2.49. The average Bonchev–Trinajstić information content (AvgIpc) is 2.92. The van der Waals surface area contributed by atoms with Gasteiger partial charge in [-0.2, -0.15) is 0 Å². The first-order valence-corrected chi connectivity index (χ1v) is 9.74. The first-order chi connectivity index (χ1) is 12.0. The van der Waals surface area contributed by atoms with Gasteiger partial charge in [-0.15, -0.1) is 0 Å². The quantitative estimate of drug-likeness (QED) is 0.886. The van der Waals surface area contributed by atoms with Crippen LogP contribution in [0.3, 0.4) is 0 Å². The van der Waals surface area contributed by atoms with Crippen LogP contribution in [0.15, 0.2) is 18.2 Å². The van der Waals surface area contributed by atoms with Gasteiger partial charge in [-0.1, -0.05) is 0 Å². The van der Waals surface area contributed by atoms with Crippen molar-refractivity contribution in [1.29, 1.82) is 0 Å². The summed E-state index contributed by atoms with van der Waals surface area (Å²) >= 11 is 0. The summed E-state index contributed by atoms with van der Waals surface area (Å²) in [6.07, 6.45) is 8.53. The van der Waals surface area contributed by atoms with Crippen molar-refractivity contribution >= 4 is 17.5 Å². The van der Waals surface area contributed by atoms with Crippen LogP contribution < -0.4 is 10.6 Å². The normalized spacial score (nSPS) is 36.0. The van der Waals surface area contributed by atoms with Crippen LogP contribution in [0.25, 0.3) is 0 Å². The Morgan fingerprint density at radius 3 is 2.44 bits per heavy atom. The van der Waals surface area contributed by atoms with Crippen molar-refractivity contribution in [3.63, 3.8) is 0 Å². The fourth-order valence-electron chi connectivity index (χ4n) is 6.51. The molecule has 1 unspecified atom stereocenters. The second kappa shape index (κ2) is 5.33. The van der Waals surface area contributed by atoms with Crippen molar-refractivity contribution in [3.8, 4) is 0 Å². The van der Waals surface area contributed by atoms with Crippen LogP contribution in [0.5, 0.6) is 0 Å². The Hall–Kier alpha value is -1.84. The van der Waals surface area contributed by atoms with Crippen molar-refractivity contribution < 1.29 is 9.59 Å². The molecule has 2 amide bonds. The average molecular weight is 338 g/mol. The van der Waals surface area contributed by atoms with Gasteiger partial charge in [0.05, 0.1) is 6.42 Å². The molecule has 5 aliphatic rings. The highest BCUT2D eigenvalue weighted by Gasteiger charge is 2.53. The number of amides is 2. The second-order valence-corrected chi connectivity index (χ2v) is 9.07. The van der Waals surface area contributed by atoms with Crippen LogP contribution in [0.1, 0.15) is 61.4 Å². The van der Waals surface area contributed by atoms with E-state index in [0.717, 1.165) is 29.0 Å². The van der Waals surface area contributed by atoms with E-state index < -0.39 is 0 Å². The molecule has 4 nitrogen and oxygen atoms in total. The molecule has 0 aromatic heterocycles. The number of nitrogens with one attached hydrogen (secondary N) is 2. The molecule has 0 saturated heterocycles. The van der Waals surface area contributed by atoms with E-state index in [1.54, 1.807) is 0 Å². The van der Waals surface area contributed by atoms with Gasteiger partial charge in [0, 0.05) is 17.3 Å². The number of hydrogen-bond acceptors (Lipinski definition) is 2. The van der Waals surface area contributed by atoms with Crippen molar-refractivity contribution in [2.45, 2.75) is 57.9 Å². The third-order valence-electron chi connectivity index (χ3n) is 7.34. The highest BCUT2D eigenvalue weighted by molar-refractivity contribution is 6.01. The number of carbonyl (C=O) groups excluding carboxylic acids is 2. The van der Waals surface area contributed by atoms with Gasteiger partial charge < -0.3 is 10.6 Å². The van der Waals surface area contributed by atoms with Crippen LogP contribution in [0.2, 0.25) is 0 Å². The molecule has 0 spiro atoms. The summed E-state index contributed by atoms with van der Waals surface area (Å²) in [5.41, 5.74) is 2.76. The Bertz CT molecular complexity index is 719. The van der Waals surface area contributed by atoms with Crippen molar-refractivity contribution in [2.75, 3.05) is 5.32 Å². The lowest BCUT2D eigenvalue weighted by atomic mass is 9.48. The van der Waals surface area contributed by atoms with Crippen LogP contribution >= 0.6 is 0 Å². The van der Waals surface area contributed by atoms with E-state index in [2.05, 4.69) is 17.6 Å². The summed E-state index contributed by atoms with van der Waals surface area (Å²) < 4.78 is 0. The Balaban J connectivity index is 1.33. The molecule has 1 heterocycles. The lowest BCUT2D eigenvalue weighted by Gasteiger charge is -2.59. The number of rotatable bonds is 3. The van der Waals surface area contributed by atoms with Crippen LogP contribution in [-0.4, -0.2) is 17.9 Å². The minimum Gasteiger partial charge on any atom is -0.349 e. The number of carbonyl (C=O) groups is 2. The molecule has 1 aliphatic heterocycles. The number of anilines is 1. The van der Waals surface area contributed by atoms with E-state index in [1.807, 2.05) is 18.2 Å². The van der Waals surface area contributed by atoms with E-state index in [-0.39, 0.29) is 17.9 Å². The summed E-state index contributed by atoms with van der Waals surface area (Å²) in [5, 5.41) is 6.13. The molecule has 6 rings (SSSR count). The summed E-state index contributed by atoms with van der Waals surface area (Å²) in [6, 6.07) is 5.77. The molecule has 1 aromatic carbocycles. The summed E-state index contributed by atoms with van der Waals surface area (Å²) in [6.45, 7) is 2.21. The zero-order valence-corrected chi connectivity index (χ0v) is 14.8. The Labute approximate surface area is 148 Å². The molecule has 1 aromatic rings. The lowest BCUT2D eigenvalue weighted by molar-refractivity contribution is -0.115. The lowest BCUT2D eigenvalue weighted by Crippen LogP contribution is -2.55. The van der Waals surface area contributed by atoms with Crippen LogP contribution in [0, 0.1) is 23.2 Å². The van der Waals surface area contributed by atoms with Gasteiger partial charge in [-0.3, -0.25) is 9.59 Å². The largest absolute Gasteiger partial charge is 0.349 e. The molecule has 2 N–H and O–H groups in total. The summed E-state index contributed by atoms with van der Waals surface area (Å²) in [4.78, 5) is 24.3. The van der Waals surface area contributed by atoms with Gasteiger partial charge in [0.1, 0.15) is 0 Å². The number of benzene rings is 1. The molecular weight excluding hydrogens is 312 g/mol. The van der Waals surface area contributed by atoms with E-state index in [4.69, 9.17) is 0 Å². The zero-order valence-electron chi connectivity index (χ0n) is 14.8. The van der Waals surface area contributed by atoms with Gasteiger partial charge in [-0.05, 0) is 92.4 Å². The molecule has 0 radical (unpaired) electrons. The van der Waals surface area contributed by atoms with Crippen LogP contribution in [0.4, 0.5) is 5.69 Å². The first kappa shape index (κ1) is 15.4. The Morgan fingerprint density at radius 2 is 1.80 bits per heavy atom.